The van der Waals surface area contributed by atoms with Crippen LogP contribution in [0.5, 0.6) is 5.75 Å². The van der Waals surface area contributed by atoms with Crippen molar-refractivity contribution in [3.63, 3.8) is 0 Å². The van der Waals surface area contributed by atoms with Crippen LogP contribution in [0.25, 0.3) is 5.69 Å². The topological polar surface area (TPSA) is 70.1 Å². The van der Waals surface area contributed by atoms with Gasteiger partial charge in [-0.25, -0.2) is 4.98 Å². The molecule has 1 aromatic heterocycles. The van der Waals surface area contributed by atoms with E-state index in [-0.39, 0.29) is 23.1 Å². The van der Waals surface area contributed by atoms with Gasteiger partial charge in [0, 0.05) is 12.5 Å². The lowest BCUT2D eigenvalue weighted by Crippen LogP contribution is -2.25. The molecule has 0 aliphatic rings. The third-order valence-electron chi connectivity index (χ3n) is 3.14. The summed E-state index contributed by atoms with van der Waals surface area (Å²) in [6.07, 6.45) is -10.8. The summed E-state index contributed by atoms with van der Waals surface area (Å²) in [5, 5.41) is 0. The molecule has 2 aromatic rings. The molecule has 26 heavy (non-hydrogen) atoms. The summed E-state index contributed by atoms with van der Waals surface area (Å²) < 4.78 is 79.2. The second-order valence-electron chi connectivity index (χ2n) is 5.28. The van der Waals surface area contributed by atoms with Crippen LogP contribution in [0.2, 0.25) is 0 Å². The number of ether oxygens (including phenoxy) is 1. The number of hydrogen-bond acceptors (Lipinski definition) is 4. The van der Waals surface area contributed by atoms with E-state index >= 15 is 0 Å². The number of benzene rings is 1. The quantitative estimate of drug-likeness (QED) is 0.808. The van der Waals surface area contributed by atoms with Crippen molar-refractivity contribution >= 4 is 5.82 Å². The van der Waals surface area contributed by atoms with E-state index in [0.29, 0.717) is 0 Å². The van der Waals surface area contributed by atoms with Crippen LogP contribution in [0, 0.1) is 0 Å². The van der Waals surface area contributed by atoms with Gasteiger partial charge in [-0.3, -0.25) is 9.36 Å². The third kappa shape index (κ3) is 5.67. The minimum atomic E-state index is -4.51. The lowest BCUT2D eigenvalue weighted by atomic mass is 10.2. The van der Waals surface area contributed by atoms with E-state index in [2.05, 4.69) is 9.72 Å². The number of aryl methyl sites for hydroxylation is 1. The molecule has 0 bridgehead atoms. The fourth-order valence-corrected chi connectivity index (χ4v) is 2.10. The Morgan fingerprint density at radius 2 is 1.65 bits per heavy atom. The molecule has 0 saturated carbocycles. The molecule has 2 rings (SSSR count). The maximum atomic E-state index is 12.5. The van der Waals surface area contributed by atoms with Crippen LogP contribution in [0.1, 0.15) is 12.2 Å². The van der Waals surface area contributed by atoms with Gasteiger partial charge in [0.25, 0.3) is 5.56 Å². The number of rotatable bonds is 5. The predicted octanol–water partition coefficient (Wildman–Crippen LogP) is 3.25. The zero-order valence-corrected chi connectivity index (χ0v) is 13.1. The summed E-state index contributed by atoms with van der Waals surface area (Å²) in [7, 11) is 0. The van der Waals surface area contributed by atoms with Gasteiger partial charge in [0.2, 0.25) is 0 Å². The average molecular weight is 381 g/mol. The Bertz CT molecular complexity index is 812. The highest BCUT2D eigenvalue weighted by atomic mass is 19.4. The molecule has 0 spiro atoms. The van der Waals surface area contributed by atoms with Crippen molar-refractivity contribution in [2.75, 3.05) is 12.3 Å². The number of halogens is 6. The highest BCUT2D eigenvalue weighted by molar-refractivity contribution is 5.40. The fraction of sp³-hybridized carbons (Fsp3) is 0.333. The van der Waals surface area contributed by atoms with Crippen LogP contribution in [-0.2, 0) is 6.42 Å². The van der Waals surface area contributed by atoms with Gasteiger partial charge in [-0.1, -0.05) is 0 Å². The number of alkyl halides is 6. The van der Waals surface area contributed by atoms with E-state index in [1.807, 2.05) is 0 Å². The van der Waals surface area contributed by atoms with Crippen molar-refractivity contribution in [1.29, 1.82) is 0 Å². The molecule has 0 aliphatic carbocycles. The first-order valence-corrected chi connectivity index (χ1v) is 7.20. The molecule has 11 heteroatoms. The van der Waals surface area contributed by atoms with E-state index in [9.17, 15) is 31.1 Å². The molecular weight excluding hydrogens is 368 g/mol. The van der Waals surface area contributed by atoms with Crippen LogP contribution in [0.4, 0.5) is 32.2 Å². The number of nitrogen functional groups attached to an aromatic ring is 1. The monoisotopic (exact) mass is 381 g/mol. The van der Waals surface area contributed by atoms with E-state index in [0.717, 1.165) is 22.8 Å². The SMILES string of the molecule is Nc1cc(=O)n(-c2ccc(OCC(F)(F)F)cc2)c(CCC(F)(F)F)n1. The van der Waals surface area contributed by atoms with Gasteiger partial charge < -0.3 is 10.5 Å². The standard InChI is InChI=1S/C15H13F6N3O2/c16-14(17,18)6-5-12-23-11(22)7-13(25)24(12)9-1-3-10(4-2-9)26-8-15(19,20)21/h1-4,7H,5-6,8,22H2. The number of anilines is 1. The Hall–Kier alpha value is -2.72. The first-order valence-electron chi connectivity index (χ1n) is 7.20. The highest BCUT2D eigenvalue weighted by Crippen LogP contribution is 2.23. The van der Waals surface area contributed by atoms with Gasteiger partial charge in [0.15, 0.2) is 6.61 Å². The van der Waals surface area contributed by atoms with Gasteiger partial charge in [-0.15, -0.1) is 0 Å². The van der Waals surface area contributed by atoms with Gasteiger partial charge in [0.1, 0.15) is 17.4 Å². The Morgan fingerprint density at radius 1 is 1.04 bits per heavy atom. The molecule has 142 valence electrons. The van der Waals surface area contributed by atoms with Crippen LogP contribution in [0.15, 0.2) is 35.1 Å². The summed E-state index contributed by atoms with van der Waals surface area (Å²) in [4.78, 5) is 15.9. The number of nitrogens with two attached hydrogens (primary N) is 1. The molecule has 0 aliphatic heterocycles. The molecule has 0 unspecified atom stereocenters. The van der Waals surface area contributed by atoms with E-state index in [1.54, 1.807) is 0 Å². The van der Waals surface area contributed by atoms with Crippen LogP contribution in [-0.4, -0.2) is 28.5 Å². The Morgan fingerprint density at radius 3 is 2.19 bits per heavy atom. The smallest absolute Gasteiger partial charge is 0.422 e. The minimum Gasteiger partial charge on any atom is -0.484 e. The third-order valence-corrected chi connectivity index (χ3v) is 3.14. The maximum Gasteiger partial charge on any atom is 0.422 e. The molecule has 5 nitrogen and oxygen atoms in total. The largest absolute Gasteiger partial charge is 0.484 e. The number of hydrogen-bond donors (Lipinski definition) is 1. The van der Waals surface area contributed by atoms with Crippen molar-refractivity contribution in [1.82, 2.24) is 9.55 Å². The van der Waals surface area contributed by atoms with Gasteiger partial charge in [0.05, 0.1) is 12.1 Å². The van der Waals surface area contributed by atoms with Crippen molar-refractivity contribution in [2.24, 2.45) is 0 Å². The zero-order valence-electron chi connectivity index (χ0n) is 13.1. The second-order valence-corrected chi connectivity index (χ2v) is 5.28. The van der Waals surface area contributed by atoms with Crippen molar-refractivity contribution in [2.45, 2.75) is 25.2 Å². The Kier molecular flexibility index (Phi) is 5.47. The molecule has 0 radical (unpaired) electrons. The Labute approximate surface area is 143 Å². The van der Waals surface area contributed by atoms with Crippen LogP contribution in [0.3, 0.4) is 0 Å². The molecule has 0 saturated heterocycles. The number of nitrogens with zero attached hydrogens (tertiary/aromatic N) is 2. The van der Waals surface area contributed by atoms with E-state index in [4.69, 9.17) is 5.73 Å². The lowest BCUT2D eigenvalue weighted by Gasteiger charge is -2.14. The fourth-order valence-electron chi connectivity index (χ4n) is 2.10. The minimum absolute atomic E-state index is 0.112. The summed E-state index contributed by atoms with van der Waals surface area (Å²) >= 11 is 0. The molecule has 2 N–H and O–H groups in total. The Balaban J connectivity index is 2.31. The van der Waals surface area contributed by atoms with Crippen LogP contribution < -0.4 is 16.0 Å². The first kappa shape index (κ1) is 19.6. The number of aromatic nitrogens is 2. The first-order chi connectivity index (χ1) is 11.9. The predicted molar refractivity (Wildman–Crippen MR) is 80.2 cm³/mol. The maximum absolute atomic E-state index is 12.5. The van der Waals surface area contributed by atoms with E-state index in [1.165, 1.54) is 12.1 Å². The molecule has 1 heterocycles. The normalized spacial score (nSPS) is 12.2. The van der Waals surface area contributed by atoms with Gasteiger partial charge in [-0.05, 0) is 24.3 Å². The summed E-state index contributed by atoms with van der Waals surface area (Å²) in [5.41, 5.74) is 4.83. The van der Waals surface area contributed by atoms with Crippen LogP contribution >= 0.6 is 0 Å². The molecule has 1 aromatic carbocycles. The van der Waals surface area contributed by atoms with Crippen molar-refractivity contribution < 1.29 is 31.1 Å². The van der Waals surface area contributed by atoms with E-state index < -0.39 is 37.4 Å². The summed E-state index contributed by atoms with van der Waals surface area (Å²) in [6.45, 7) is -1.49. The summed E-state index contributed by atoms with van der Waals surface area (Å²) in [6, 6.07) is 5.74. The average Bonchev–Trinajstić information content (AvgIpc) is 2.50. The second kappa shape index (κ2) is 7.26. The molecule has 0 fully saturated rings. The van der Waals surface area contributed by atoms with Crippen molar-refractivity contribution in [3.05, 3.63) is 46.5 Å². The molecule has 0 amide bonds. The molecule has 0 atom stereocenters. The van der Waals surface area contributed by atoms with Crippen molar-refractivity contribution in [3.8, 4) is 11.4 Å². The van der Waals surface area contributed by atoms with Gasteiger partial charge in [-0.2, -0.15) is 26.3 Å². The summed E-state index contributed by atoms with van der Waals surface area (Å²) in [5.74, 6) is -0.552. The zero-order chi connectivity index (χ0) is 19.5. The lowest BCUT2D eigenvalue weighted by molar-refractivity contribution is -0.153. The van der Waals surface area contributed by atoms with Gasteiger partial charge >= 0.3 is 12.4 Å². The molecular formula is C15H13F6N3O2. The highest BCUT2D eigenvalue weighted by Gasteiger charge is 2.29.